The van der Waals surface area contributed by atoms with E-state index in [4.69, 9.17) is 5.73 Å². The normalized spacial score (nSPS) is 12.2. The molecule has 8 heteroatoms. The molecule has 138 valence electrons. The molecule has 0 spiro atoms. The monoisotopic (exact) mass is 372 g/mol. The first kappa shape index (κ1) is 18.4. The van der Waals surface area contributed by atoms with Crippen molar-refractivity contribution in [1.82, 2.24) is 14.8 Å². The number of nitrogens with two attached hydrogens (primary N) is 1. The molecule has 0 aliphatic rings. The molecule has 3 rings (SSSR count). The summed E-state index contributed by atoms with van der Waals surface area (Å²) in [6, 6.07) is 12.3. The number of nitrogens with zero attached hydrogens (tertiary/aromatic N) is 3. The van der Waals surface area contributed by atoms with Gasteiger partial charge in [0.1, 0.15) is 6.33 Å². The van der Waals surface area contributed by atoms with Crippen molar-refractivity contribution < 1.29 is 18.0 Å². The van der Waals surface area contributed by atoms with E-state index in [0.717, 1.165) is 12.1 Å². The smallest absolute Gasteiger partial charge is 0.366 e. The minimum absolute atomic E-state index is 0.109. The molecule has 0 bridgehead atoms. The van der Waals surface area contributed by atoms with Gasteiger partial charge in [0.15, 0.2) is 5.82 Å². The summed E-state index contributed by atoms with van der Waals surface area (Å²) in [6.45, 7) is 1.57. The molecule has 1 heterocycles. The lowest BCUT2D eigenvalue weighted by Gasteiger charge is -2.09. The van der Waals surface area contributed by atoms with E-state index in [1.165, 1.54) is 17.2 Å². The standard InChI is InChI=1S/C19H15F3N4O/c1-12-7-14(9-15(8-12)19(20,21)22)18-24-11-26(25-18)10-16(17(23)27)13-5-3-2-4-6-13/h2-11H,1H3,(H2,23,27)/b16-10-. The predicted octanol–water partition coefficient (Wildman–Crippen LogP) is 3.76. The quantitative estimate of drug-likeness (QED) is 0.709. The van der Waals surface area contributed by atoms with Crippen LogP contribution >= 0.6 is 0 Å². The zero-order valence-corrected chi connectivity index (χ0v) is 14.2. The Bertz CT molecular complexity index is 1010. The third kappa shape index (κ3) is 4.22. The zero-order valence-electron chi connectivity index (χ0n) is 14.2. The van der Waals surface area contributed by atoms with Crippen LogP contribution in [-0.2, 0) is 11.0 Å². The van der Waals surface area contributed by atoms with Crippen molar-refractivity contribution >= 4 is 17.7 Å². The van der Waals surface area contributed by atoms with Gasteiger partial charge in [0.25, 0.3) is 5.91 Å². The maximum absolute atomic E-state index is 13.0. The Labute approximate surface area is 153 Å². The molecule has 5 nitrogen and oxygen atoms in total. The molecule has 2 N–H and O–H groups in total. The van der Waals surface area contributed by atoms with Crippen molar-refractivity contribution in [3.05, 3.63) is 71.5 Å². The van der Waals surface area contributed by atoms with Gasteiger partial charge < -0.3 is 5.73 Å². The maximum Gasteiger partial charge on any atom is 0.416 e. The van der Waals surface area contributed by atoms with Crippen molar-refractivity contribution in [1.29, 1.82) is 0 Å². The minimum atomic E-state index is -4.46. The molecular formula is C19H15F3N4O. The molecule has 0 saturated carbocycles. The highest BCUT2D eigenvalue weighted by Gasteiger charge is 2.31. The second-order valence-electron chi connectivity index (χ2n) is 5.91. The van der Waals surface area contributed by atoms with Crippen LogP contribution in [0.15, 0.2) is 54.9 Å². The summed E-state index contributed by atoms with van der Waals surface area (Å²) in [5.41, 5.74) is 6.12. The van der Waals surface area contributed by atoms with Gasteiger partial charge in [-0.2, -0.15) is 13.2 Å². The largest absolute Gasteiger partial charge is 0.416 e. The molecule has 0 saturated heterocycles. The molecule has 0 fully saturated rings. The Balaban J connectivity index is 2.00. The first-order chi connectivity index (χ1) is 12.7. The van der Waals surface area contributed by atoms with Crippen molar-refractivity contribution in [3.8, 4) is 11.4 Å². The van der Waals surface area contributed by atoms with Gasteiger partial charge in [0.05, 0.1) is 11.1 Å². The summed E-state index contributed by atoms with van der Waals surface area (Å²) < 4.78 is 40.3. The molecule has 1 aromatic heterocycles. The first-order valence-electron chi connectivity index (χ1n) is 7.91. The molecule has 0 atom stereocenters. The first-order valence-corrected chi connectivity index (χ1v) is 7.91. The van der Waals surface area contributed by atoms with Crippen LogP contribution in [0.1, 0.15) is 16.7 Å². The Hall–Kier alpha value is -3.42. The summed E-state index contributed by atoms with van der Waals surface area (Å²) >= 11 is 0. The fourth-order valence-corrected chi connectivity index (χ4v) is 2.58. The predicted molar refractivity (Wildman–Crippen MR) is 95.0 cm³/mol. The molecule has 0 radical (unpaired) electrons. The summed E-state index contributed by atoms with van der Waals surface area (Å²) in [6.07, 6.45) is -1.78. The number of amides is 1. The molecule has 0 aliphatic heterocycles. The van der Waals surface area contributed by atoms with E-state index in [-0.39, 0.29) is 17.0 Å². The van der Waals surface area contributed by atoms with Crippen molar-refractivity contribution in [2.24, 2.45) is 5.73 Å². The Morgan fingerprint density at radius 1 is 1.15 bits per heavy atom. The minimum Gasteiger partial charge on any atom is -0.366 e. The van der Waals surface area contributed by atoms with E-state index in [1.54, 1.807) is 43.3 Å². The number of primary amides is 1. The van der Waals surface area contributed by atoms with E-state index >= 15 is 0 Å². The van der Waals surface area contributed by atoms with Crippen LogP contribution in [0.3, 0.4) is 0 Å². The summed E-state index contributed by atoms with van der Waals surface area (Å²) in [5.74, 6) is -0.550. The van der Waals surface area contributed by atoms with Gasteiger partial charge in [-0.1, -0.05) is 30.3 Å². The number of alkyl halides is 3. The van der Waals surface area contributed by atoms with Crippen molar-refractivity contribution in [2.45, 2.75) is 13.1 Å². The number of carbonyl (C=O) groups excluding carboxylic acids is 1. The van der Waals surface area contributed by atoms with Crippen molar-refractivity contribution in [3.63, 3.8) is 0 Å². The Kier molecular flexibility index (Phi) is 4.81. The van der Waals surface area contributed by atoms with Gasteiger partial charge in [-0.15, -0.1) is 5.10 Å². The molecule has 2 aromatic carbocycles. The third-order valence-electron chi connectivity index (χ3n) is 3.78. The van der Waals surface area contributed by atoms with E-state index in [9.17, 15) is 18.0 Å². The topological polar surface area (TPSA) is 73.8 Å². The van der Waals surface area contributed by atoms with Gasteiger partial charge in [0.2, 0.25) is 0 Å². The van der Waals surface area contributed by atoms with Crippen LogP contribution < -0.4 is 5.73 Å². The lowest BCUT2D eigenvalue weighted by atomic mass is 10.1. The molecule has 1 amide bonds. The zero-order chi connectivity index (χ0) is 19.6. The molecular weight excluding hydrogens is 357 g/mol. The highest BCUT2D eigenvalue weighted by molar-refractivity contribution is 6.22. The molecule has 0 aliphatic carbocycles. The fourth-order valence-electron chi connectivity index (χ4n) is 2.58. The van der Waals surface area contributed by atoms with Crippen LogP contribution in [0, 0.1) is 6.92 Å². The Morgan fingerprint density at radius 2 is 1.85 bits per heavy atom. The van der Waals surface area contributed by atoms with Crippen LogP contribution in [0.5, 0.6) is 0 Å². The van der Waals surface area contributed by atoms with Crippen LogP contribution in [0.2, 0.25) is 0 Å². The summed E-state index contributed by atoms with van der Waals surface area (Å²) in [4.78, 5) is 15.8. The number of rotatable bonds is 4. The van der Waals surface area contributed by atoms with Gasteiger partial charge >= 0.3 is 6.18 Å². The molecule has 3 aromatic rings. The fraction of sp³-hybridized carbons (Fsp3) is 0.105. The van der Waals surface area contributed by atoms with E-state index < -0.39 is 17.6 Å². The maximum atomic E-state index is 13.0. The van der Waals surface area contributed by atoms with Gasteiger partial charge in [0, 0.05) is 11.8 Å². The third-order valence-corrected chi connectivity index (χ3v) is 3.78. The number of aryl methyl sites for hydroxylation is 1. The summed E-state index contributed by atoms with van der Waals surface area (Å²) in [7, 11) is 0. The number of benzene rings is 2. The lowest BCUT2D eigenvalue weighted by molar-refractivity contribution is -0.137. The van der Waals surface area contributed by atoms with E-state index in [1.807, 2.05) is 0 Å². The number of halogens is 3. The highest BCUT2D eigenvalue weighted by Crippen LogP contribution is 2.32. The second kappa shape index (κ2) is 7.06. The van der Waals surface area contributed by atoms with Gasteiger partial charge in [-0.3, -0.25) is 4.79 Å². The Morgan fingerprint density at radius 3 is 2.48 bits per heavy atom. The highest BCUT2D eigenvalue weighted by atomic mass is 19.4. The second-order valence-corrected chi connectivity index (χ2v) is 5.91. The number of hydrogen-bond acceptors (Lipinski definition) is 3. The van der Waals surface area contributed by atoms with Gasteiger partial charge in [-0.25, -0.2) is 9.67 Å². The van der Waals surface area contributed by atoms with E-state index in [0.29, 0.717) is 11.1 Å². The number of hydrogen-bond donors (Lipinski definition) is 1. The average molecular weight is 372 g/mol. The average Bonchev–Trinajstić information content (AvgIpc) is 3.08. The van der Waals surface area contributed by atoms with Gasteiger partial charge in [-0.05, 0) is 36.2 Å². The lowest BCUT2D eigenvalue weighted by Crippen LogP contribution is -2.13. The molecule has 0 unspecified atom stereocenters. The van der Waals surface area contributed by atoms with Crippen LogP contribution in [-0.4, -0.2) is 20.7 Å². The number of carbonyl (C=O) groups is 1. The van der Waals surface area contributed by atoms with E-state index in [2.05, 4.69) is 10.1 Å². The van der Waals surface area contributed by atoms with Crippen LogP contribution in [0.4, 0.5) is 13.2 Å². The summed E-state index contributed by atoms with van der Waals surface area (Å²) in [5, 5.41) is 4.15. The van der Waals surface area contributed by atoms with Crippen LogP contribution in [0.25, 0.3) is 23.2 Å². The molecule has 27 heavy (non-hydrogen) atoms. The van der Waals surface area contributed by atoms with Crippen molar-refractivity contribution in [2.75, 3.05) is 0 Å². The number of aromatic nitrogens is 3. The SMILES string of the molecule is Cc1cc(-c2ncn(/C=C(\C(N)=O)c3ccccc3)n2)cc(C(F)(F)F)c1.